The van der Waals surface area contributed by atoms with Crippen LogP contribution in [0.1, 0.15) is 22.8 Å². The Kier molecular flexibility index (Phi) is 6.11. The van der Waals surface area contributed by atoms with E-state index in [-0.39, 0.29) is 18.1 Å². The number of benzene rings is 2. The number of Topliss-reactive ketones (excluding diaryl/α,β-unsaturated/α-hetero) is 1. The Balaban J connectivity index is 1.70. The van der Waals surface area contributed by atoms with Crippen molar-refractivity contribution in [2.75, 3.05) is 20.3 Å². The number of allylic oxidation sites excluding steroid dienone is 3. The fourth-order valence-corrected chi connectivity index (χ4v) is 2.66. The van der Waals surface area contributed by atoms with Gasteiger partial charge in [0, 0.05) is 11.6 Å². The van der Waals surface area contributed by atoms with Crippen molar-refractivity contribution >= 4 is 17.8 Å². The van der Waals surface area contributed by atoms with Crippen molar-refractivity contribution in [2.24, 2.45) is 0 Å². The van der Waals surface area contributed by atoms with Crippen molar-refractivity contribution < 1.29 is 28.5 Å². The maximum absolute atomic E-state index is 12.5. The first-order valence-corrected chi connectivity index (χ1v) is 8.78. The van der Waals surface area contributed by atoms with Gasteiger partial charge in [0.1, 0.15) is 17.2 Å². The summed E-state index contributed by atoms with van der Waals surface area (Å²) in [5.74, 6) is 1.10. The van der Waals surface area contributed by atoms with Gasteiger partial charge in [-0.2, -0.15) is 0 Å². The molecule has 0 aromatic heterocycles. The molecule has 0 amide bonds. The standard InChI is InChI=1S/C22H20O6/c1-3-26-21(23)14-27-16-11-12-17-20(13-16)28-19(22(17)24)10-6-8-15-7-4-5-9-18(15)25-2/h4-13H,3,14H2,1-2H3. The number of ether oxygens (including phenoxy) is 4. The van der Waals surface area contributed by atoms with Gasteiger partial charge in [-0.25, -0.2) is 4.79 Å². The second-order valence-electron chi connectivity index (χ2n) is 5.81. The minimum absolute atomic E-state index is 0.203. The number of carbonyl (C=O) groups excluding carboxylic acids is 2. The molecular formula is C22H20O6. The first kappa shape index (κ1) is 19.2. The summed E-state index contributed by atoms with van der Waals surface area (Å²) >= 11 is 0. The van der Waals surface area contributed by atoms with Crippen molar-refractivity contribution in [1.29, 1.82) is 0 Å². The normalized spacial score (nSPS) is 14.1. The molecule has 2 aromatic carbocycles. The lowest BCUT2D eigenvalue weighted by Gasteiger charge is -2.06. The number of hydrogen-bond donors (Lipinski definition) is 0. The molecule has 0 radical (unpaired) electrons. The molecule has 0 spiro atoms. The molecular weight excluding hydrogens is 360 g/mol. The molecule has 1 aliphatic heterocycles. The minimum atomic E-state index is -0.456. The zero-order valence-electron chi connectivity index (χ0n) is 15.6. The first-order chi connectivity index (χ1) is 13.6. The molecule has 0 saturated heterocycles. The van der Waals surface area contributed by atoms with E-state index in [1.54, 1.807) is 44.4 Å². The summed E-state index contributed by atoms with van der Waals surface area (Å²) in [6.45, 7) is 1.81. The molecule has 28 heavy (non-hydrogen) atoms. The largest absolute Gasteiger partial charge is 0.496 e. The topological polar surface area (TPSA) is 71.1 Å². The van der Waals surface area contributed by atoms with E-state index in [4.69, 9.17) is 18.9 Å². The van der Waals surface area contributed by atoms with Crippen molar-refractivity contribution in [2.45, 2.75) is 6.92 Å². The third-order valence-electron chi connectivity index (χ3n) is 3.97. The van der Waals surface area contributed by atoms with E-state index in [0.717, 1.165) is 11.3 Å². The van der Waals surface area contributed by atoms with Crippen LogP contribution in [0.15, 0.2) is 60.4 Å². The van der Waals surface area contributed by atoms with Crippen molar-refractivity contribution in [3.05, 3.63) is 71.5 Å². The highest BCUT2D eigenvalue weighted by molar-refractivity contribution is 6.12. The van der Waals surface area contributed by atoms with Crippen molar-refractivity contribution in [1.82, 2.24) is 0 Å². The summed E-state index contributed by atoms with van der Waals surface area (Å²) < 4.78 is 21.1. The monoisotopic (exact) mass is 380 g/mol. The summed E-state index contributed by atoms with van der Waals surface area (Å²) in [5.41, 5.74) is 1.33. The van der Waals surface area contributed by atoms with Gasteiger partial charge in [0.15, 0.2) is 12.4 Å². The van der Waals surface area contributed by atoms with Crippen LogP contribution in [0.2, 0.25) is 0 Å². The molecule has 144 valence electrons. The second kappa shape index (κ2) is 8.90. The lowest BCUT2D eigenvalue weighted by molar-refractivity contribution is -0.145. The number of carbonyl (C=O) groups is 2. The van der Waals surface area contributed by atoms with Crippen LogP contribution in [0.4, 0.5) is 0 Å². The van der Waals surface area contributed by atoms with Crippen LogP contribution in [0, 0.1) is 0 Å². The molecule has 0 fully saturated rings. The Morgan fingerprint density at radius 2 is 2.00 bits per heavy atom. The third-order valence-corrected chi connectivity index (χ3v) is 3.97. The highest BCUT2D eigenvalue weighted by Crippen LogP contribution is 2.34. The number of ketones is 1. The van der Waals surface area contributed by atoms with Gasteiger partial charge in [-0.15, -0.1) is 0 Å². The zero-order chi connectivity index (χ0) is 19.9. The predicted octanol–water partition coefficient (Wildman–Crippen LogP) is 3.81. The zero-order valence-corrected chi connectivity index (χ0v) is 15.6. The summed E-state index contributed by atoms with van der Waals surface area (Å²) in [7, 11) is 1.60. The number of rotatable bonds is 7. The van der Waals surface area contributed by atoms with E-state index < -0.39 is 5.97 Å². The quantitative estimate of drug-likeness (QED) is 0.537. The molecule has 6 heteroatoms. The number of para-hydroxylation sites is 1. The molecule has 0 saturated carbocycles. The van der Waals surface area contributed by atoms with Crippen LogP contribution in [-0.2, 0) is 9.53 Å². The van der Waals surface area contributed by atoms with E-state index in [2.05, 4.69) is 0 Å². The van der Waals surface area contributed by atoms with Crippen LogP contribution >= 0.6 is 0 Å². The molecule has 0 atom stereocenters. The molecule has 0 aliphatic carbocycles. The van der Waals surface area contributed by atoms with Gasteiger partial charge in [0.2, 0.25) is 5.78 Å². The molecule has 1 aliphatic rings. The Labute approximate surface area is 163 Å². The highest BCUT2D eigenvalue weighted by atomic mass is 16.6. The number of esters is 1. The van der Waals surface area contributed by atoms with Gasteiger partial charge in [-0.3, -0.25) is 4.79 Å². The van der Waals surface area contributed by atoms with Gasteiger partial charge in [0.05, 0.1) is 19.3 Å². The molecule has 2 aromatic rings. The molecule has 1 heterocycles. The van der Waals surface area contributed by atoms with Gasteiger partial charge in [-0.1, -0.05) is 30.4 Å². The minimum Gasteiger partial charge on any atom is -0.496 e. The summed E-state index contributed by atoms with van der Waals surface area (Å²) in [6, 6.07) is 12.4. The van der Waals surface area contributed by atoms with E-state index in [1.165, 1.54) is 0 Å². The summed E-state index contributed by atoms with van der Waals surface area (Å²) in [5, 5.41) is 0. The Bertz CT molecular complexity index is 942. The van der Waals surface area contributed by atoms with Crippen LogP contribution in [-0.4, -0.2) is 32.1 Å². The number of fused-ring (bicyclic) bond motifs is 1. The van der Waals surface area contributed by atoms with E-state index >= 15 is 0 Å². The van der Waals surface area contributed by atoms with Crippen molar-refractivity contribution in [3.63, 3.8) is 0 Å². The maximum atomic E-state index is 12.5. The Morgan fingerprint density at radius 1 is 1.18 bits per heavy atom. The molecule has 6 nitrogen and oxygen atoms in total. The number of hydrogen-bond acceptors (Lipinski definition) is 6. The smallest absolute Gasteiger partial charge is 0.344 e. The maximum Gasteiger partial charge on any atom is 0.344 e. The Morgan fingerprint density at radius 3 is 2.79 bits per heavy atom. The van der Waals surface area contributed by atoms with Gasteiger partial charge in [0.25, 0.3) is 0 Å². The third kappa shape index (κ3) is 4.40. The molecule has 0 unspecified atom stereocenters. The molecule has 0 bridgehead atoms. The van der Waals surface area contributed by atoms with Crippen LogP contribution in [0.25, 0.3) is 6.08 Å². The first-order valence-electron chi connectivity index (χ1n) is 8.78. The van der Waals surface area contributed by atoms with Crippen LogP contribution < -0.4 is 14.2 Å². The van der Waals surface area contributed by atoms with Gasteiger partial charge >= 0.3 is 5.97 Å². The fraction of sp³-hybridized carbons (Fsp3) is 0.182. The number of methoxy groups -OCH3 is 1. The predicted molar refractivity (Wildman–Crippen MR) is 104 cm³/mol. The lowest BCUT2D eigenvalue weighted by atomic mass is 10.1. The Hall–Kier alpha value is -3.54. The van der Waals surface area contributed by atoms with Crippen molar-refractivity contribution in [3.8, 4) is 17.2 Å². The van der Waals surface area contributed by atoms with E-state index in [0.29, 0.717) is 23.7 Å². The lowest BCUT2D eigenvalue weighted by Crippen LogP contribution is -2.14. The van der Waals surface area contributed by atoms with Gasteiger partial charge < -0.3 is 18.9 Å². The average molecular weight is 380 g/mol. The average Bonchev–Trinajstić information content (AvgIpc) is 3.02. The second-order valence-corrected chi connectivity index (χ2v) is 5.81. The van der Waals surface area contributed by atoms with Crippen LogP contribution in [0.5, 0.6) is 17.2 Å². The summed E-state index contributed by atoms with van der Waals surface area (Å²) in [4.78, 5) is 23.8. The van der Waals surface area contributed by atoms with E-state index in [1.807, 2.05) is 30.3 Å². The van der Waals surface area contributed by atoms with E-state index in [9.17, 15) is 9.59 Å². The SMILES string of the molecule is CCOC(=O)COc1ccc2c(c1)OC(=CC=Cc1ccccc1OC)C2=O. The molecule has 0 N–H and O–H groups in total. The van der Waals surface area contributed by atoms with Gasteiger partial charge in [-0.05, 0) is 31.2 Å². The fourth-order valence-electron chi connectivity index (χ4n) is 2.66. The summed E-state index contributed by atoms with van der Waals surface area (Å²) in [6.07, 6.45) is 5.17. The molecule has 3 rings (SSSR count). The highest BCUT2D eigenvalue weighted by Gasteiger charge is 2.27. The van der Waals surface area contributed by atoms with Crippen LogP contribution in [0.3, 0.4) is 0 Å².